The molecule has 0 aliphatic carbocycles. The predicted octanol–water partition coefficient (Wildman–Crippen LogP) is 3.85. The van der Waals surface area contributed by atoms with E-state index in [1.165, 1.54) is 16.7 Å². The van der Waals surface area contributed by atoms with Gasteiger partial charge >= 0.3 is 11.9 Å². The van der Waals surface area contributed by atoms with Crippen molar-refractivity contribution in [2.75, 3.05) is 36.9 Å². The van der Waals surface area contributed by atoms with Crippen LogP contribution in [0.3, 0.4) is 0 Å². The van der Waals surface area contributed by atoms with Gasteiger partial charge in [0, 0.05) is 29.3 Å². The molecule has 1 fully saturated rings. The van der Waals surface area contributed by atoms with Gasteiger partial charge in [-0.15, -0.1) is 24.2 Å². The monoisotopic (exact) mass is 589 g/mol. The summed E-state index contributed by atoms with van der Waals surface area (Å²) in [4.78, 5) is 54.7. The summed E-state index contributed by atoms with van der Waals surface area (Å²) in [7, 11) is 0. The van der Waals surface area contributed by atoms with Gasteiger partial charge in [0.15, 0.2) is 0 Å². The van der Waals surface area contributed by atoms with E-state index in [9.17, 15) is 24.3 Å². The number of halogens is 1. The second kappa shape index (κ2) is 15.1. The number of carboxylic acids is 1. The minimum absolute atomic E-state index is 0. The van der Waals surface area contributed by atoms with Crippen molar-refractivity contribution in [3.63, 3.8) is 0 Å². The molecule has 2 aliphatic rings. The SMILES string of the molecule is CCOC(=O)[C@H](CCC1CCN(C(=O)c2ccccc2)CC1)N[C@H]1CSc2ccccc2N(CC(=O)O)C1=O.Cl. The highest BCUT2D eigenvalue weighted by molar-refractivity contribution is 7.99. The molecule has 0 saturated carbocycles. The topological polar surface area (TPSA) is 116 Å². The second-order valence-corrected chi connectivity index (χ2v) is 10.9. The van der Waals surface area contributed by atoms with Gasteiger partial charge in [0.2, 0.25) is 5.91 Å². The lowest BCUT2D eigenvalue weighted by Crippen LogP contribution is -2.54. The van der Waals surface area contributed by atoms with Gasteiger partial charge in [-0.05, 0) is 62.8 Å². The van der Waals surface area contributed by atoms with Crippen molar-refractivity contribution in [2.24, 2.45) is 5.92 Å². The van der Waals surface area contributed by atoms with Crippen LogP contribution < -0.4 is 10.2 Å². The summed E-state index contributed by atoms with van der Waals surface area (Å²) in [5.41, 5.74) is 1.25. The van der Waals surface area contributed by atoms with E-state index in [1.54, 1.807) is 19.1 Å². The number of para-hydroxylation sites is 1. The lowest BCUT2D eigenvalue weighted by Gasteiger charge is -2.33. The number of carbonyl (C=O) groups excluding carboxylic acids is 3. The number of benzene rings is 2. The van der Waals surface area contributed by atoms with Gasteiger partial charge in [-0.2, -0.15) is 0 Å². The number of fused-ring (bicyclic) bond motifs is 1. The number of piperidine rings is 1. The zero-order chi connectivity index (χ0) is 27.8. The van der Waals surface area contributed by atoms with Gasteiger partial charge in [0.1, 0.15) is 12.6 Å². The molecule has 0 radical (unpaired) electrons. The fraction of sp³-hybridized carbons (Fsp3) is 0.448. The summed E-state index contributed by atoms with van der Waals surface area (Å²) in [5, 5.41) is 12.7. The van der Waals surface area contributed by atoms with Crippen molar-refractivity contribution < 1.29 is 29.0 Å². The highest BCUT2D eigenvalue weighted by Crippen LogP contribution is 2.34. The van der Waals surface area contributed by atoms with Crippen LogP contribution in [-0.4, -0.2) is 77.8 Å². The van der Waals surface area contributed by atoms with E-state index in [2.05, 4.69) is 5.32 Å². The molecule has 2 aromatic carbocycles. The number of carbonyl (C=O) groups is 4. The molecule has 9 nitrogen and oxygen atoms in total. The Hall–Kier alpha value is -3.08. The number of ether oxygens (including phenoxy) is 1. The normalized spacial score (nSPS) is 18.2. The highest BCUT2D eigenvalue weighted by Gasteiger charge is 2.35. The van der Waals surface area contributed by atoms with Crippen LogP contribution in [0, 0.1) is 5.92 Å². The number of hydrogen-bond donors (Lipinski definition) is 2. The Bertz CT molecular complexity index is 1180. The summed E-state index contributed by atoms with van der Waals surface area (Å²) in [6.45, 7) is 2.83. The van der Waals surface area contributed by atoms with Crippen LogP contribution in [0.5, 0.6) is 0 Å². The van der Waals surface area contributed by atoms with E-state index in [1.807, 2.05) is 47.4 Å². The molecule has 4 rings (SSSR count). The first kappa shape index (κ1) is 31.4. The molecule has 2 amide bonds. The van der Waals surface area contributed by atoms with Crippen molar-refractivity contribution in [3.05, 3.63) is 60.2 Å². The maximum Gasteiger partial charge on any atom is 0.323 e. The van der Waals surface area contributed by atoms with E-state index >= 15 is 0 Å². The summed E-state index contributed by atoms with van der Waals surface area (Å²) >= 11 is 1.46. The van der Waals surface area contributed by atoms with Crippen molar-refractivity contribution in [3.8, 4) is 0 Å². The lowest BCUT2D eigenvalue weighted by atomic mass is 9.90. The van der Waals surface area contributed by atoms with Crippen molar-refractivity contribution in [2.45, 2.75) is 49.6 Å². The number of nitrogens with zero attached hydrogens (tertiary/aromatic N) is 2. The van der Waals surface area contributed by atoms with Gasteiger partial charge in [-0.1, -0.05) is 30.3 Å². The fourth-order valence-corrected chi connectivity index (χ4v) is 6.20. The average molecular weight is 590 g/mol. The first-order valence-electron chi connectivity index (χ1n) is 13.4. The van der Waals surface area contributed by atoms with E-state index in [0.29, 0.717) is 42.4 Å². The Kier molecular flexibility index (Phi) is 11.8. The maximum absolute atomic E-state index is 13.5. The number of anilines is 1. The number of nitrogens with one attached hydrogen (secondary N) is 1. The van der Waals surface area contributed by atoms with Crippen LogP contribution in [0.1, 0.15) is 43.0 Å². The smallest absolute Gasteiger partial charge is 0.323 e. The van der Waals surface area contributed by atoms with Crippen LogP contribution in [0.2, 0.25) is 0 Å². The Balaban J connectivity index is 0.00000441. The molecule has 2 N–H and O–H groups in total. The molecule has 2 heterocycles. The van der Waals surface area contributed by atoms with Crippen molar-refractivity contribution in [1.29, 1.82) is 0 Å². The van der Waals surface area contributed by atoms with Gasteiger partial charge < -0.3 is 14.7 Å². The van der Waals surface area contributed by atoms with Gasteiger partial charge in [0.05, 0.1) is 18.3 Å². The first-order chi connectivity index (χ1) is 18.9. The Labute approximate surface area is 245 Å². The molecular weight excluding hydrogens is 554 g/mol. The lowest BCUT2D eigenvalue weighted by molar-refractivity contribution is -0.146. The number of hydrogen-bond acceptors (Lipinski definition) is 7. The van der Waals surface area contributed by atoms with E-state index < -0.39 is 30.6 Å². The van der Waals surface area contributed by atoms with Crippen LogP contribution in [-0.2, 0) is 19.1 Å². The Morgan fingerprint density at radius 1 is 1.07 bits per heavy atom. The molecule has 0 spiro atoms. The van der Waals surface area contributed by atoms with Gasteiger partial charge in [-0.25, -0.2) is 0 Å². The molecular formula is C29H36ClN3O6S. The predicted molar refractivity (Wildman–Crippen MR) is 156 cm³/mol. The number of esters is 1. The third kappa shape index (κ3) is 7.99. The average Bonchev–Trinajstić information content (AvgIpc) is 3.07. The fourth-order valence-electron chi connectivity index (χ4n) is 5.12. The molecule has 40 heavy (non-hydrogen) atoms. The van der Waals surface area contributed by atoms with E-state index in [0.717, 1.165) is 24.2 Å². The number of likely N-dealkylation sites (tertiary alicyclic amines) is 1. The van der Waals surface area contributed by atoms with Crippen LogP contribution in [0.4, 0.5) is 5.69 Å². The third-order valence-corrected chi connectivity index (χ3v) is 8.33. The summed E-state index contributed by atoms with van der Waals surface area (Å²) < 4.78 is 5.32. The number of thioether (sulfide) groups is 1. The molecule has 1 saturated heterocycles. The van der Waals surface area contributed by atoms with Gasteiger partial charge in [-0.3, -0.25) is 29.4 Å². The second-order valence-electron chi connectivity index (χ2n) is 9.80. The van der Waals surface area contributed by atoms with Gasteiger partial charge in [0.25, 0.3) is 5.91 Å². The summed E-state index contributed by atoms with van der Waals surface area (Å²) in [5.74, 6) is -1.16. The number of rotatable bonds is 10. The number of aliphatic carboxylic acids is 1. The molecule has 216 valence electrons. The summed E-state index contributed by atoms with van der Waals surface area (Å²) in [6, 6.07) is 15.0. The Morgan fingerprint density at radius 3 is 2.42 bits per heavy atom. The zero-order valence-electron chi connectivity index (χ0n) is 22.5. The Morgan fingerprint density at radius 2 is 1.75 bits per heavy atom. The first-order valence-corrected chi connectivity index (χ1v) is 14.4. The minimum atomic E-state index is -1.11. The molecule has 0 unspecified atom stereocenters. The highest BCUT2D eigenvalue weighted by atomic mass is 35.5. The summed E-state index contributed by atoms with van der Waals surface area (Å²) in [6.07, 6.45) is 2.91. The standard InChI is InChI=1S/C29H35N3O6S.ClH/c1-2-38-29(37)22(13-12-20-14-16-31(17-15-20)27(35)21-8-4-3-5-9-21)30-23-19-39-25-11-7-6-10-24(25)32(28(23)36)18-26(33)34;/h3-11,20,22-23,30H,2,12-19H2,1H3,(H,33,34);1H/t22-,23-;/m0./s1. The zero-order valence-corrected chi connectivity index (χ0v) is 24.1. The third-order valence-electron chi connectivity index (χ3n) is 7.18. The maximum atomic E-state index is 13.5. The van der Waals surface area contributed by atoms with Crippen molar-refractivity contribution >= 4 is 53.6 Å². The molecule has 2 atom stereocenters. The molecule has 11 heteroatoms. The molecule has 0 bridgehead atoms. The van der Waals surface area contributed by atoms with Crippen LogP contribution >= 0.6 is 24.2 Å². The molecule has 2 aromatic rings. The molecule has 2 aliphatic heterocycles. The van der Waals surface area contributed by atoms with Crippen molar-refractivity contribution in [1.82, 2.24) is 10.2 Å². The minimum Gasteiger partial charge on any atom is -0.480 e. The van der Waals surface area contributed by atoms with E-state index in [4.69, 9.17) is 4.74 Å². The largest absolute Gasteiger partial charge is 0.480 e. The van der Waals surface area contributed by atoms with Crippen LogP contribution in [0.15, 0.2) is 59.5 Å². The number of carboxylic acid groups (broad SMARTS) is 1. The quantitative estimate of drug-likeness (QED) is 0.402. The number of amides is 2. The van der Waals surface area contributed by atoms with E-state index in [-0.39, 0.29) is 30.8 Å². The molecule has 0 aromatic heterocycles. The van der Waals surface area contributed by atoms with Crippen LogP contribution in [0.25, 0.3) is 0 Å².